The normalized spacial score (nSPS) is 12.1. The zero-order valence-corrected chi connectivity index (χ0v) is 33.8. The van der Waals surface area contributed by atoms with E-state index in [0.717, 1.165) is 100 Å². The van der Waals surface area contributed by atoms with Crippen LogP contribution in [-0.4, -0.2) is 31.0 Å². The van der Waals surface area contributed by atoms with E-state index in [1.54, 1.807) is 0 Å². The monoisotopic (exact) mass is 811 g/mol. The summed E-state index contributed by atoms with van der Waals surface area (Å²) in [5.74, 6) is -1.25. The molecule has 0 radical (unpaired) electrons. The number of aromatic nitrogens is 4. The Labute approximate surface area is 363 Å². The lowest BCUT2D eigenvalue weighted by Crippen LogP contribution is -1.95. The third-order valence-corrected chi connectivity index (χ3v) is 11.2. The van der Waals surface area contributed by atoms with Gasteiger partial charge >= 0.3 is 5.97 Å². The van der Waals surface area contributed by atoms with Gasteiger partial charge in [0.2, 0.25) is 0 Å². The van der Waals surface area contributed by atoms with Crippen molar-refractivity contribution < 1.29 is 9.90 Å². The molecule has 8 bridgehead atoms. The summed E-state index contributed by atoms with van der Waals surface area (Å²) >= 11 is 0. The fraction of sp³-hybridized carbons (Fsp3) is 0. The number of nitrogens with one attached hydrogen (secondary N) is 2. The molecule has 0 atom stereocenters. The molecule has 7 heteroatoms. The summed E-state index contributed by atoms with van der Waals surface area (Å²) in [5.41, 5.74) is 17.0. The number of fused-ring (bicyclic) bond motifs is 8. The van der Waals surface area contributed by atoms with Crippen LogP contribution in [0.5, 0.6) is 0 Å². The SMILES string of the molecule is [C-]#[N+]/C(=C\c1ccc(/C=C/c2cc3[nH]c2c(-c2ccccc2)c2nc(c(-c4ccccc4)c4ccc([nH]4)c(-c4ccccc4)c4nc(c3-c3ccccc3)C=C4)C=C2)cc1)C(=O)O. The molecule has 3 N–H and O–H groups in total. The average molecular weight is 812 g/mol. The van der Waals surface area contributed by atoms with Crippen LogP contribution in [0, 0.1) is 6.57 Å². The van der Waals surface area contributed by atoms with Gasteiger partial charge in [0.05, 0.1) is 34.9 Å². The molecule has 0 unspecified atom stereocenters. The van der Waals surface area contributed by atoms with Gasteiger partial charge < -0.3 is 15.1 Å². The number of rotatable bonds is 8. The number of benzene rings is 5. The molecular weight excluding hydrogens is 775 g/mol. The predicted molar refractivity (Wildman–Crippen MR) is 258 cm³/mol. The molecule has 63 heavy (non-hydrogen) atoms. The van der Waals surface area contributed by atoms with E-state index in [9.17, 15) is 9.90 Å². The van der Waals surface area contributed by atoms with Crippen molar-refractivity contribution in [3.8, 4) is 44.5 Å². The van der Waals surface area contributed by atoms with E-state index in [0.29, 0.717) is 5.56 Å². The molecule has 8 aromatic rings. The van der Waals surface area contributed by atoms with Crippen LogP contribution in [0.1, 0.15) is 39.5 Å². The number of carboxylic acid groups (broad SMARTS) is 1. The summed E-state index contributed by atoms with van der Waals surface area (Å²) in [5, 5.41) is 9.40. The molecule has 0 saturated carbocycles. The first-order valence-electron chi connectivity index (χ1n) is 20.5. The smallest absolute Gasteiger partial charge is 0.333 e. The summed E-state index contributed by atoms with van der Waals surface area (Å²) in [6.45, 7) is 7.25. The van der Waals surface area contributed by atoms with Crippen molar-refractivity contribution in [2.75, 3.05) is 0 Å². The van der Waals surface area contributed by atoms with Gasteiger partial charge in [0.1, 0.15) is 0 Å². The predicted octanol–water partition coefficient (Wildman–Crippen LogP) is 13.8. The highest BCUT2D eigenvalue weighted by Gasteiger charge is 2.20. The number of nitrogens with zero attached hydrogens (tertiary/aromatic N) is 3. The van der Waals surface area contributed by atoms with Gasteiger partial charge in [0.25, 0.3) is 5.70 Å². The fourth-order valence-electron chi connectivity index (χ4n) is 8.26. The molecule has 10 rings (SSSR count). The van der Waals surface area contributed by atoms with Crippen molar-refractivity contribution in [2.45, 2.75) is 0 Å². The minimum Gasteiger partial charge on any atom is -0.486 e. The zero-order valence-electron chi connectivity index (χ0n) is 33.8. The molecule has 3 aromatic heterocycles. The second kappa shape index (κ2) is 16.7. The minimum atomic E-state index is -1.25. The maximum atomic E-state index is 11.5. The van der Waals surface area contributed by atoms with Crippen molar-refractivity contribution in [1.82, 2.24) is 19.9 Å². The van der Waals surface area contributed by atoms with Crippen LogP contribution < -0.4 is 0 Å². The van der Waals surface area contributed by atoms with Crippen molar-refractivity contribution in [1.29, 1.82) is 0 Å². The third-order valence-electron chi connectivity index (χ3n) is 11.2. The van der Waals surface area contributed by atoms with Crippen molar-refractivity contribution in [3.63, 3.8) is 0 Å². The van der Waals surface area contributed by atoms with Crippen LogP contribution in [0.25, 0.3) is 114 Å². The highest BCUT2D eigenvalue weighted by atomic mass is 16.4. The maximum Gasteiger partial charge on any atom is 0.333 e. The molecule has 2 aliphatic heterocycles. The zero-order chi connectivity index (χ0) is 42.7. The first-order chi connectivity index (χ1) is 31.0. The largest absolute Gasteiger partial charge is 0.486 e. The molecule has 7 nitrogen and oxygen atoms in total. The quantitative estimate of drug-likeness (QED) is 0.105. The van der Waals surface area contributed by atoms with Gasteiger partial charge in [-0.2, -0.15) is 0 Å². The topological polar surface area (TPSA) is 99.0 Å². The number of carboxylic acids is 1. The van der Waals surface area contributed by atoms with Crippen LogP contribution in [0.15, 0.2) is 169 Å². The van der Waals surface area contributed by atoms with E-state index < -0.39 is 5.97 Å². The summed E-state index contributed by atoms with van der Waals surface area (Å²) in [7, 11) is 0. The number of H-pyrrole nitrogens is 2. The average Bonchev–Trinajstić information content (AvgIpc) is 4.17. The van der Waals surface area contributed by atoms with Crippen LogP contribution in [0.2, 0.25) is 0 Å². The van der Waals surface area contributed by atoms with Gasteiger partial charge in [-0.05, 0) is 82.0 Å². The number of aromatic amines is 2. The summed E-state index contributed by atoms with van der Waals surface area (Å²) in [4.78, 5) is 33.3. The molecule has 0 fully saturated rings. The Morgan fingerprint density at radius 1 is 0.492 bits per heavy atom. The van der Waals surface area contributed by atoms with E-state index in [4.69, 9.17) is 16.5 Å². The Morgan fingerprint density at radius 3 is 1.35 bits per heavy atom. The van der Waals surface area contributed by atoms with E-state index in [1.807, 2.05) is 78.9 Å². The first kappa shape index (κ1) is 38.3. The number of aliphatic carboxylic acids is 1. The number of hydrogen-bond acceptors (Lipinski definition) is 3. The lowest BCUT2D eigenvalue weighted by Gasteiger charge is -2.07. The summed E-state index contributed by atoms with van der Waals surface area (Å²) in [6, 6.07) is 55.4. The van der Waals surface area contributed by atoms with E-state index in [1.165, 1.54) is 6.08 Å². The van der Waals surface area contributed by atoms with E-state index in [2.05, 4.69) is 136 Å². The van der Waals surface area contributed by atoms with Crippen LogP contribution in [0.3, 0.4) is 0 Å². The van der Waals surface area contributed by atoms with E-state index in [-0.39, 0.29) is 5.70 Å². The lowest BCUT2D eigenvalue weighted by molar-refractivity contribution is -0.132. The lowest BCUT2D eigenvalue weighted by atomic mass is 10.0. The maximum absolute atomic E-state index is 11.5. The van der Waals surface area contributed by atoms with Crippen LogP contribution in [-0.2, 0) is 4.79 Å². The van der Waals surface area contributed by atoms with E-state index >= 15 is 0 Å². The van der Waals surface area contributed by atoms with Crippen molar-refractivity contribution >= 4 is 70.6 Å². The molecular formula is C56H37N5O2. The number of hydrogen-bond donors (Lipinski definition) is 3. The van der Waals surface area contributed by atoms with Crippen LogP contribution >= 0.6 is 0 Å². The number of carbonyl (C=O) groups is 1. The fourth-order valence-corrected chi connectivity index (χ4v) is 8.26. The molecule has 5 heterocycles. The Balaban J connectivity index is 1.33. The summed E-state index contributed by atoms with van der Waals surface area (Å²) < 4.78 is 0. The van der Waals surface area contributed by atoms with Gasteiger partial charge in [0, 0.05) is 44.4 Å². The molecule has 5 aromatic carbocycles. The molecule has 2 aliphatic rings. The highest BCUT2D eigenvalue weighted by Crippen LogP contribution is 2.39. The Bertz CT molecular complexity index is 3390. The molecule has 298 valence electrons. The second-order valence-corrected chi connectivity index (χ2v) is 15.1. The van der Waals surface area contributed by atoms with Crippen molar-refractivity contribution in [2.24, 2.45) is 0 Å². The standard InChI is InChI=1S/C56H37N5O2/c1-57-50(56(62)63)34-37-24-22-36(23-25-37)26-27-42-35-49-53(40-18-10-4-11-19-40)47-31-30-45(59-47)51(38-14-6-2-7-15-38)43-28-29-44(58-43)52(39-16-8-3-9-17-39)46-32-33-48(60-46)54(55(42)61-49)41-20-12-5-13-21-41/h2-35,58,61H,(H,62,63)/b27-26+,50-34-,51-43?,51-45?,52-44?,52-46?,53-47?,53-49?,54-48?,55-54?. The Hall–Kier alpha value is -8.86. The van der Waals surface area contributed by atoms with Gasteiger partial charge in [0.15, 0.2) is 0 Å². The molecule has 0 aliphatic carbocycles. The Kier molecular flexibility index (Phi) is 10.1. The third kappa shape index (κ3) is 7.61. The van der Waals surface area contributed by atoms with Gasteiger partial charge in [-0.3, -0.25) is 4.79 Å². The van der Waals surface area contributed by atoms with Gasteiger partial charge in [-0.15, -0.1) is 0 Å². The summed E-state index contributed by atoms with van der Waals surface area (Å²) in [6.07, 6.45) is 13.9. The van der Waals surface area contributed by atoms with Crippen LogP contribution in [0.4, 0.5) is 0 Å². The van der Waals surface area contributed by atoms with Gasteiger partial charge in [-0.1, -0.05) is 158 Å². The highest BCUT2D eigenvalue weighted by molar-refractivity contribution is 6.02. The minimum absolute atomic E-state index is 0.338. The second-order valence-electron chi connectivity index (χ2n) is 15.1. The van der Waals surface area contributed by atoms with Crippen molar-refractivity contribution in [3.05, 3.63) is 220 Å². The molecule has 0 amide bonds. The Morgan fingerprint density at radius 2 is 0.905 bits per heavy atom. The van der Waals surface area contributed by atoms with Gasteiger partial charge in [-0.25, -0.2) is 14.8 Å². The molecule has 0 spiro atoms. The molecule has 0 saturated heterocycles. The first-order valence-corrected chi connectivity index (χ1v) is 20.5.